The van der Waals surface area contributed by atoms with Gasteiger partial charge in [0.25, 0.3) is 0 Å². The third-order valence-corrected chi connectivity index (χ3v) is 4.46. The molecular formula is C17H27N3O. The molecule has 1 fully saturated rings. The number of carbonyl (C=O) groups excluding carboxylic acids is 1. The minimum atomic E-state index is -0.190. The Balaban J connectivity index is 2.02. The van der Waals surface area contributed by atoms with Crippen LogP contribution in [0, 0.1) is 11.8 Å². The minimum absolute atomic E-state index is 0.0191. The number of anilines is 2. The Morgan fingerprint density at radius 1 is 1.33 bits per heavy atom. The maximum absolute atomic E-state index is 12.1. The summed E-state index contributed by atoms with van der Waals surface area (Å²) in [6.07, 6.45) is 2.47. The lowest BCUT2D eigenvalue weighted by Gasteiger charge is -2.32. The van der Waals surface area contributed by atoms with E-state index >= 15 is 0 Å². The van der Waals surface area contributed by atoms with Crippen molar-refractivity contribution in [1.82, 2.24) is 0 Å². The number of nitrogens with one attached hydrogen (secondary N) is 1. The van der Waals surface area contributed by atoms with Crippen LogP contribution in [0.3, 0.4) is 0 Å². The van der Waals surface area contributed by atoms with E-state index in [4.69, 9.17) is 5.73 Å². The number of nitrogens with zero attached hydrogens (tertiary/aromatic N) is 1. The second kappa shape index (κ2) is 6.94. The molecule has 1 aliphatic rings. The van der Waals surface area contributed by atoms with E-state index in [-0.39, 0.29) is 17.9 Å². The van der Waals surface area contributed by atoms with Crippen LogP contribution in [0.1, 0.15) is 33.6 Å². The molecule has 1 aromatic rings. The lowest BCUT2D eigenvalue weighted by atomic mass is 9.99. The highest BCUT2D eigenvalue weighted by Crippen LogP contribution is 2.25. The number of benzene rings is 1. The molecule has 2 rings (SSSR count). The van der Waals surface area contributed by atoms with Gasteiger partial charge in [-0.05, 0) is 43.9 Å². The van der Waals surface area contributed by atoms with Gasteiger partial charge in [0, 0.05) is 30.5 Å². The molecule has 21 heavy (non-hydrogen) atoms. The van der Waals surface area contributed by atoms with E-state index in [1.54, 1.807) is 0 Å². The van der Waals surface area contributed by atoms with Gasteiger partial charge >= 0.3 is 0 Å². The predicted octanol–water partition coefficient (Wildman–Crippen LogP) is 2.84. The standard InChI is InChI=1S/C17H27N3O/c1-12-7-9-20(10-8-12)16-6-4-5-15(11-16)19-17(21)13(2)14(3)18/h4-6,11-14H,7-10,18H2,1-3H3,(H,19,21). The summed E-state index contributed by atoms with van der Waals surface area (Å²) < 4.78 is 0. The largest absolute Gasteiger partial charge is 0.371 e. The van der Waals surface area contributed by atoms with Crippen LogP contribution in [0.2, 0.25) is 0 Å². The molecule has 1 amide bonds. The quantitative estimate of drug-likeness (QED) is 0.896. The molecule has 1 aromatic carbocycles. The van der Waals surface area contributed by atoms with Gasteiger partial charge in [-0.3, -0.25) is 4.79 Å². The summed E-state index contributed by atoms with van der Waals surface area (Å²) in [6.45, 7) is 8.21. The number of hydrogen-bond donors (Lipinski definition) is 2. The molecule has 1 heterocycles. The number of carbonyl (C=O) groups is 1. The first-order valence-electron chi connectivity index (χ1n) is 7.89. The Hall–Kier alpha value is -1.55. The number of hydrogen-bond acceptors (Lipinski definition) is 3. The first-order chi connectivity index (χ1) is 9.97. The number of amides is 1. The average molecular weight is 289 g/mol. The van der Waals surface area contributed by atoms with E-state index in [0.717, 1.165) is 24.7 Å². The fraction of sp³-hybridized carbons (Fsp3) is 0.588. The highest BCUT2D eigenvalue weighted by Gasteiger charge is 2.18. The third kappa shape index (κ3) is 4.21. The van der Waals surface area contributed by atoms with Gasteiger partial charge in [0.15, 0.2) is 0 Å². The summed E-state index contributed by atoms with van der Waals surface area (Å²) in [4.78, 5) is 14.5. The van der Waals surface area contributed by atoms with Crippen LogP contribution in [0.25, 0.3) is 0 Å². The second-order valence-corrected chi connectivity index (χ2v) is 6.36. The lowest BCUT2D eigenvalue weighted by molar-refractivity contribution is -0.119. The highest BCUT2D eigenvalue weighted by molar-refractivity contribution is 5.93. The maximum atomic E-state index is 12.1. The van der Waals surface area contributed by atoms with Crippen molar-refractivity contribution in [2.45, 2.75) is 39.7 Å². The molecule has 4 heteroatoms. The monoisotopic (exact) mass is 289 g/mol. The Morgan fingerprint density at radius 3 is 2.62 bits per heavy atom. The van der Waals surface area contributed by atoms with Crippen molar-refractivity contribution >= 4 is 17.3 Å². The zero-order valence-corrected chi connectivity index (χ0v) is 13.3. The Kier molecular flexibility index (Phi) is 5.23. The number of rotatable bonds is 4. The third-order valence-electron chi connectivity index (χ3n) is 4.46. The summed E-state index contributed by atoms with van der Waals surface area (Å²) in [6, 6.07) is 7.96. The SMILES string of the molecule is CC1CCN(c2cccc(NC(=O)C(C)C(C)N)c2)CC1. The van der Waals surface area contributed by atoms with E-state index in [9.17, 15) is 4.79 Å². The van der Waals surface area contributed by atoms with Crippen molar-refractivity contribution in [3.8, 4) is 0 Å². The zero-order chi connectivity index (χ0) is 15.4. The van der Waals surface area contributed by atoms with E-state index in [1.165, 1.54) is 18.5 Å². The van der Waals surface area contributed by atoms with Crippen LogP contribution in [-0.2, 0) is 4.79 Å². The molecule has 3 N–H and O–H groups in total. The van der Waals surface area contributed by atoms with Crippen LogP contribution in [0.4, 0.5) is 11.4 Å². The normalized spacial score (nSPS) is 19.1. The Morgan fingerprint density at radius 2 is 2.00 bits per heavy atom. The summed E-state index contributed by atoms with van der Waals surface area (Å²) in [5.41, 5.74) is 7.82. The minimum Gasteiger partial charge on any atom is -0.371 e. The number of nitrogens with two attached hydrogens (primary N) is 1. The number of piperidine rings is 1. The van der Waals surface area contributed by atoms with Gasteiger partial charge in [0.2, 0.25) is 5.91 Å². The molecule has 0 saturated carbocycles. The Labute approximate surface area is 127 Å². The fourth-order valence-electron chi connectivity index (χ4n) is 2.54. The van der Waals surface area contributed by atoms with Crippen LogP contribution < -0.4 is 16.0 Å². The molecule has 0 spiro atoms. The smallest absolute Gasteiger partial charge is 0.228 e. The van der Waals surface area contributed by atoms with Crippen LogP contribution >= 0.6 is 0 Å². The van der Waals surface area contributed by atoms with E-state index in [1.807, 2.05) is 26.0 Å². The van der Waals surface area contributed by atoms with Crippen LogP contribution in [0.15, 0.2) is 24.3 Å². The topological polar surface area (TPSA) is 58.4 Å². The van der Waals surface area contributed by atoms with Crippen molar-refractivity contribution in [2.24, 2.45) is 17.6 Å². The Bertz CT molecular complexity index is 479. The van der Waals surface area contributed by atoms with Gasteiger partial charge in [-0.25, -0.2) is 0 Å². The van der Waals surface area contributed by atoms with Gasteiger partial charge in [-0.1, -0.05) is 19.9 Å². The van der Waals surface area contributed by atoms with Crippen LogP contribution in [-0.4, -0.2) is 25.0 Å². The van der Waals surface area contributed by atoms with Gasteiger partial charge < -0.3 is 16.0 Å². The van der Waals surface area contributed by atoms with E-state index < -0.39 is 0 Å². The molecule has 116 valence electrons. The van der Waals surface area contributed by atoms with Crippen molar-refractivity contribution in [1.29, 1.82) is 0 Å². The van der Waals surface area contributed by atoms with Crippen molar-refractivity contribution in [2.75, 3.05) is 23.3 Å². The van der Waals surface area contributed by atoms with Gasteiger partial charge in [0.1, 0.15) is 0 Å². The summed E-state index contributed by atoms with van der Waals surface area (Å²) >= 11 is 0. The molecule has 0 bridgehead atoms. The van der Waals surface area contributed by atoms with Gasteiger partial charge in [-0.15, -0.1) is 0 Å². The zero-order valence-electron chi connectivity index (χ0n) is 13.3. The van der Waals surface area contributed by atoms with Crippen LogP contribution in [0.5, 0.6) is 0 Å². The summed E-state index contributed by atoms with van der Waals surface area (Å²) in [5.74, 6) is 0.606. The molecule has 0 aliphatic carbocycles. The highest BCUT2D eigenvalue weighted by atomic mass is 16.1. The van der Waals surface area contributed by atoms with Crippen molar-refractivity contribution in [3.63, 3.8) is 0 Å². The first-order valence-corrected chi connectivity index (χ1v) is 7.89. The first kappa shape index (κ1) is 15.8. The molecule has 0 radical (unpaired) electrons. The summed E-state index contributed by atoms with van der Waals surface area (Å²) in [5, 5.41) is 2.97. The second-order valence-electron chi connectivity index (χ2n) is 6.36. The van der Waals surface area contributed by atoms with Gasteiger partial charge in [0.05, 0.1) is 5.92 Å². The molecule has 0 aromatic heterocycles. The summed E-state index contributed by atoms with van der Waals surface area (Å²) in [7, 11) is 0. The molecule has 2 atom stereocenters. The van der Waals surface area contributed by atoms with E-state index in [0.29, 0.717) is 0 Å². The predicted molar refractivity (Wildman–Crippen MR) is 88.5 cm³/mol. The molecule has 2 unspecified atom stereocenters. The van der Waals surface area contributed by atoms with Crippen molar-refractivity contribution < 1.29 is 4.79 Å². The van der Waals surface area contributed by atoms with Gasteiger partial charge in [-0.2, -0.15) is 0 Å². The van der Waals surface area contributed by atoms with Crippen molar-refractivity contribution in [3.05, 3.63) is 24.3 Å². The lowest BCUT2D eigenvalue weighted by Crippen LogP contribution is -2.34. The maximum Gasteiger partial charge on any atom is 0.228 e. The fourth-order valence-corrected chi connectivity index (χ4v) is 2.54. The average Bonchev–Trinajstić information content (AvgIpc) is 2.47. The molecule has 1 saturated heterocycles. The molecular weight excluding hydrogens is 262 g/mol. The molecule has 1 aliphatic heterocycles. The van der Waals surface area contributed by atoms with E-state index in [2.05, 4.69) is 29.3 Å². The molecule has 4 nitrogen and oxygen atoms in total.